The molecule has 3 rings (SSSR count). The lowest BCUT2D eigenvalue weighted by molar-refractivity contribution is 0.0551. The molecule has 0 saturated carbocycles. The maximum atomic E-state index is 12.5. The van der Waals surface area contributed by atoms with Gasteiger partial charge in [0, 0.05) is 37.2 Å². The predicted molar refractivity (Wildman–Crippen MR) is 93.9 cm³/mol. The molecular formula is C18H22ClN3O2. The van der Waals surface area contributed by atoms with Crippen LogP contribution in [0.25, 0.3) is 0 Å². The average molecular weight is 348 g/mol. The fraction of sp³-hybridized carbons (Fsp3) is 0.389. The Morgan fingerprint density at radius 3 is 2.54 bits per heavy atom. The first-order valence-electron chi connectivity index (χ1n) is 8.16. The molecule has 2 aromatic rings. The number of amides is 1. The van der Waals surface area contributed by atoms with Crippen LogP contribution < -0.4 is 5.73 Å². The Labute approximate surface area is 147 Å². The summed E-state index contributed by atoms with van der Waals surface area (Å²) < 4.78 is 5.46. The summed E-state index contributed by atoms with van der Waals surface area (Å²) in [5.41, 5.74) is 6.65. The zero-order valence-corrected chi connectivity index (χ0v) is 14.5. The standard InChI is InChI=1S/C18H22ClN3O2/c1-13(15-4-2-3-5-16(15)19)21-8-10-22(11-9-21)18(23)17-7-6-14(12-20)24-17/h2-7,13H,8-12,20H2,1H3. The zero-order chi connectivity index (χ0) is 17.1. The number of carbonyl (C=O) groups is 1. The molecule has 1 unspecified atom stereocenters. The largest absolute Gasteiger partial charge is 0.455 e. The first kappa shape index (κ1) is 17.0. The smallest absolute Gasteiger partial charge is 0.289 e. The topological polar surface area (TPSA) is 62.7 Å². The van der Waals surface area contributed by atoms with Crippen LogP contribution in [0.3, 0.4) is 0 Å². The maximum absolute atomic E-state index is 12.5. The van der Waals surface area contributed by atoms with Crippen LogP contribution in [0.4, 0.5) is 0 Å². The Hall–Kier alpha value is -1.82. The Bertz CT molecular complexity index is 708. The summed E-state index contributed by atoms with van der Waals surface area (Å²) >= 11 is 6.30. The molecule has 1 atom stereocenters. The van der Waals surface area contributed by atoms with Gasteiger partial charge in [-0.25, -0.2) is 0 Å². The summed E-state index contributed by atoms with van der Waals surface area (Å²) in [7, 11) is 0. The summed E-state index contributed by atoms with van der Waals surface area (Å²) in [6.45, 7) is 5.42. The second-order valence-electron chi connectivity index (χ2n) is 6.00. The van der Waals surface area contributed by atoms with E-state index in [2.05, 4.69) is 17.9 Å². The highest BCUT2D eigenvalue weighted by atomic mass is 35.5. The van der Waals surface area contributed by atoms with Crippen molar-refractivity contribution in [2.75, 3.05) is 26.2 Å². The average Bonchev–Trinajstić information content (AvgIpc) is 3.10. The van der Waals surface area contributed by atoms with E-state index in [0.717, 1.165) is 23.7 Å². The minimum Gasteiger partial charge on any atom is -0.455 e. The molecular weight excluding hydrogens is 326 g/mol. The number of furan rings is 1. The number of hydrogen-bond donors (Lipinski definition) is 1. The molecule has 0 spiro atoms. The summed E-state index contributed by atoms with van der Waals surface area (Å²) in [4.78, 5) is 16.7. The number of rotatable bonds is 4. The van der Waals surface area contributed by atoms with E-state index in [1.807, 2.05) is 23.1 Å². The van der Waals surface area contributed by atoms with Crippen LogP contribution in [0.15, 0.2) is 40.8 Å². The van der Waals surface area contributed by atoms with Gasteiger partial charge in [0.15, 0.2) is 5.76 Å². The van der Waals surface area contributed by atoms with Gasteiger partial charge in [-0.05, 0) is 30.7 Å². The third kappa shape index (κ3) is 3.48. The summed E-state index contributed by atoms with van der Waals surface area (Å²) in [5, 5.41) is 0.786. The lowest BCUT2D eigenvalue weighted by Gasteiger charge is -2.38. The van der Waals surface area contributed by atoms with E-state index in [1.54, 1.807) is 12.1 Å². The third-order valence-electron chi connectivity index (χ3n) is 4.58. The Morgan fingerprint density at radius 1 is 1.21 bits per heavy atom. The van der Waals surface area contributed by atoms with Gasteiger partial charge in [0.1, 0.15) is 5.76 Å². The van der Waals surface area contributed by atoms with Crippen molar-refractivity contribution < 1.29 is 9.21 Å². The van der Waals surface area contributed by atoms with E-state index in [-0.39, 0.29) is 11.9 Å². The van der Waals surface area contributed by atoms with Gasteiger partial charge in [-0.15, -0.1) is 0 Å². The van der Waals surface area contributed by atoms with E-state index >= 15 is 0 Å². The van der Waals surface area contributed by atoms with Gasteiger partial charge < -0.3 is 15.1 Å². The molecule has 1 aliphatic heterocycles. The molecule has 1 aromatic heterocycles. The molecule has 2 N–H and O–H groups in total. The number of hydrogen-bond acceptors (Lipinski definition) is 4. The van der Waals surface area contributed by atoms with Crippen molar-refractivity contribution in [2.45, 2.75) is 19.5 Å². The molecule has 128 valence electrons. The Morgan fingerprint density at radius 2 is 1.92 bits per heavy atom. The molecule has 1 fully saturated rings. The number of benzene rings is 1. The van der Waals surface area contributed by atoms with Gasteiger partial charge >= 0.3 is 0 Å². The molecule has 0 bridgehead atoms. The van der Waals surface area contributed by atoms with Crippen molar-refractivity contribution in [1.82, 2.24) is 9.80 Å². The van der Waals surface area contributed by atoms with Crippen molar-refractivity contribution >= 4 is 17.5 Å². The van der Waals surface area contributed by atoms with E-state index in [0.29, 0.717) is 31.2 Å². The summed E-state index contributed by atoms with van der Waals surface area (Å²) in [6, 6.07) is 11.6. The van der Waals surface area contributed by atoms with Crippen LogP contribution >= 0.6 is 11.6 Å². The van der Waals surface area contributed by atoms with E-state index in [1.165, 1.54) is 0 Å². The predicted octanol–water partition coefficient (Wildman–Crippen LogP) is 2.91. The molecule has 1 aromatic carbocycles. The van der Waals surface area contributed by atoms with Gasteiger partial charge in [-0.2, -0.15) is 0 Å². The summed E-state index contributed by atoms with van der Waals surface area (Å²) in [6.07, 6.45) is 0. The van der Waals surface area contributed by atoms with E-state index < -0.39 is 0 Å². The highest BCUT2D eigenvalue weighted by Crippen LogP contribution is 2.28. The van der Waals surface area contributed by atoms with Gasteiger partial charge in [0.2, 0.25) is 0 Å². The lowest BCUT2D eigenvalue weighted by Crippen LogP contribution is -2.49. The molecule has 2 heterocycles. The third-order valence-corrected chi connectivity index (χ3v) is 4.92. The monoisotopic (exact) mass is 347 g/mol. The summed E-state index contributed by atoms with van der Waals surface area (Å²) in [5.74, 6) is 0.923. The minimum atomic E-state index is -0.0697. The van der Waals surface area contributed by atoms with Gasteiger partial charge in [0.05, 0.1) is 6.54 Å². The van der Waals surface area contributed by atoms with Gasteiger partial charge in [-0.3, -0.25) is 9.69 Å². The van der Waals surface area contributed by atoms with Gasteiger partial charge in [0.25, 0.3) is 5.91 Å². The quantitative estimate of drug-likeness (QED) is 0.923. The van der Waals surface area contributed by atoms with Crippen LogP contribution in [-0.2, 0) is 6.54 Å². The van der Waals surface area contributed by atoms with E-state index in [9.17, 15) is 4.79 Å². The fourth-order valence-electron chi connectivity index (χ4n) is 3.08. The molecule has 0 aliphatic carbocycles. The van der Waals surface area contributed by atoms with E-state index in [4.69, 9.17) is 21.8 Å². The molecule has 24 heavy (non-hydrogen) atoms. The highest BCUT2D eigenvalue weighted by molar-refractivity contribution is 6.31. The molecule has 1 aliphatic rings. The second-order valence-corrected chi connectivity index (χ2v) is 6.40. The molecule has 1 saturated heterocycles. The zero-order valence-electron chi connectivity index (χ0n) is 13.7. The number of piperazine rings is 1. The number of nitrogens with two attached hydrogens (primary N) is 1. The van der Waals surface area contributed by atoms with Crippen molar-refractivity contribution in [3.05, 3.63) is 58.5 Å². The highest BCUT2D eigenvalue weighted by Gasteiger charge is 2.27. The van der Waals surface area contributed by atoms with Crippen LogP contribution in [0.1, 0.15) is 34.8 Å². The van der Waals surface area contributed by atoms with Crippen molar-refractivity contribution in [3.8, 4) is 0 Å². The molecule has 6 heteroatoms. The molecule has 0 radical (unpaired) electrons. The van der Waals surface area contributed by atoms with Crippen molar-refractivity contribution in [1.29, 1.82) is 0 Å². The fourth-order valence-corrected chi connectivity index (χ4v) is 3.37. The van der Waals surface area contributed by atoms with Crippen molar-refractivity contribution in [3.63, 3.8) is 0 Å². The Kier molecular flexibility index (Phi) is 5.23. The Balaban J connectivity index is 1.61. The SMILES string of the molecule is CC(c1ccccc1Cl)N1CCN(C(=O)c2ccc(CN)o2)CC1. The number of nitrogens with zero attached hydrogens (tertiary/aromatic N) is 2. The van der Waals surface area contributed by atoms with Crippen molar-refractivity contribution in [2.24, 2.45) is 5.73 Å². The number of carbonyl (C=O) groups excluding carboxylic acids is 1. The molecule has 1 amide bonds. The van der Waals surface area contributed by atoms with Gasteiger partial charge in [-0.1, -0.05) is 29.8 Å². The maximum Gasteiger partial charge on any atom is 0.289 e. The lowest BCUT2D eigenvalue weighted by atomic mass is 10.1. The minimum absolute atomic E-state index is 0.0697. The normalized spacial score (nSPS) is 17.0. The first-order valence-corrected chi connectivity index (χ1v) is 8.54. The van der Waals surface area contributed by atoms with Crippen LogP contribution in [0.5, 0.6) is 0 Å². The first-order chi connectivity index (χ1) is 11.6. The van der Waals surface area contributed by atoms with Crippen LogP contribution in [0, 0.1) is 0 Å². The van der Waals surface area contributed by atoms with Crippen LogP contribution in [-0.4, -0.2) is 41.9 Å². The molecule has 5 nitrogen and oxygen atoms in total. The number of halogens is 1. The second kappa shape index (κ2) is 7.38. The van der Waals surface area contributed by atoms with Crippen LogP contribution in [0.2, 0.25) is 5.02 Å².